The van der Waals surface area contributed by atoms with Crippen molar-refractivity contribution in [3.05, 3.63) is 48.2 Å². The predicted molar refractivity (Wildman–Crippen MR) is 104 cm³/mol. The van der Waals surface area contributed by atoms with Gasteiger partial charge in [-0.25, -0.2) is 14.4 Å². The zero-order chi connectivity index (χ0) is 22.1. The van der Waals surface area contributed by atoms with Gasteiger partial charge < -0.3 is 10.4 Å². The molecule has 2 aromatic heterocycles. The number of rotatable bonds is 6. The minimum Gasteiger partial charge on any atom is -0.389 e. The lowest BCUT2D eigenvalue weighted by molar-refractivity contribution is -0.137. The second-order valence-electron chi connectivity index (χ2n) is 7.08. The molecule has 0 saturated heterocycles. The zero-order valence-corrected chi connectivity index (χ0v) is 16.7. The lowest BCUT2D eigenvalue weighted by atomic mass is 10.1. The lowest BCUT2D eigenvalue weighted by Gasteiger charge is -2.16. The summed E-state index contributed by atoms with van der Waals surface area (Å²) in [6.07, 6.45) is -1.54. The molecule has 0 bridgehead atoms. The first-order valence-electron chi connectivity index (χ1n) is 8.59. The molecule has 0 radical (unpaired) electrons. The maximum absolute atomic E-state index is 14.2. The number of hydrogen-bond donors (Lipinski definition) is 3. The third kappa shape index (κ3) is 5.26. The Labute approximate surface area is 173 Å². The Kier molecular flexibility index (Phi) is 6.01. The van der Waals surface area contributed by atoms with Crippen LogP contribution in [0.4, 0.5) is 29.2 Å². The van der Waals surface area contributed by atoms with E-state index in [0.717, 1.165) is 11.9 Å². The Morgan fingerprint density at radius 1 is 1.23 bits per heavy atom. The fraction of sp³-hybridized carbons (Fsp3) is 0.278. The van der Waals surface area contributed by atoms with E-state index < -0.39 is 28.9 Å². The maximum atomic E-state index is 14.2. The first-order chi connectivity index (χ1) is 14.0. The monoisotopic (exact) mass is 442 g/mol. The largest absolute Gasteiger partial charge is 0.419 e. The Balaban J connectivity index is 1.99. The number of nitrogens with one attached hydrogen (secondary N) is 1. The van der Waals surface area contributed by atoms with E-state index in [0.29, 0.717) is 11.1 Å². The highest BCUT2D eigenvalue weighted by atomic mass is 32.2. The van der Waals surface area contributed by atoms with Gasteiger partial charge in [0.2, 0.25) is 5.95 Å². The van der Waals surface area contributed by atoms with Crippen molar-refractivity contribution in [2.45, 2.75) is 37.1 Å². The summed E-state index contributed by atoms with van der Waals surface area (Å²) in [7, 11) is 0. The fourth-order valence-corrected chi connectivity index (χ4v) is 2.95. The minimum absolute atomic E-state index is 0.0174. The highest BCUT2D eigenvalue weighted by molar-refractivity contribution is 7.97. The molecular formula is C18H18F4N6OS. The molecule has 0 aliphatic carbocycles. The van der Waals surface area contributed by atoms with Gasteiger partial charge in [0.1, 0.15) is 11.4 Å². The lowest BCUT2D eigenvalue weighted by Crippen LogP contribution is -2.26. The van der Waals surface area contributed by atoms with Gasteiger partial charge in [-0.3, -0.25) is 9.82 Å². The summed E-state index contributed by atoms with van der Waals surface area (Å²) in [6, 6.07) is 4.10. The molecule has 0 aliphatic heterocycles. The summed E-state index contributed by atoms with van der Waals surface area (Å²) in [5, 5.41) is 21.8. The van der Waals surface area contributed by atoms with E-state index in [2.05, 4.69) is 20.4 Å². The zero-order valence-electron chi connectivity index (χ0n) is 15.9. The van der Waals surface area contributed by atoms with E-state index in [1.54, 1.807) is 19.9 Å². The van der Waals surface area contributed by atoms with Gasteiger partial charge in [0.25, 0.3) is 0 Å². The van der Waals surface area contributed by atoms with Crippen LogP contribution in [0.5, 0.6) is 0 Å². The fourth-order valence-electron chi connectivity index (χ4n) is 2.63. The number of halogens is 4. The first-order valence-corrected chi connectivity index (χ1v) is 9.47. The molecule has 0 fully saturated rings. The summed E-state index contributed by atoms with van der Waals surface area (Å²) in [4.78, 5) is 8.09. The molecule has 4 N–H and O–H groups in total. The van der Waals surface area contributed by atoms with Gasteiger partial charge in [0.15, 0.2) is 0 Å². The number of aromatic nitrogens is 4. The number of alkyl halides is 3. The van der Waals surface area contributed by atoms with Crippen molar-refractivity contribution in [3.8, 4) is 11.3 Å². The van der Waals surface area contributed by atoms with Crippen LogP contribution >= 0.6 is 11.9 Å². The minimum atomic E-state index is -4.71. The van der Waals surface area contributed by atoms with Crippen molar-refractivity contribution in [1.82, 2.24) is 19.7 Å². The molecule has 2 heterocycles. The average molecular weight is 442 g/mol. The molecule has 7 nitrogen and oxygen atoms in total. The van der Waals surface area contributed by atoms with Crippen molar-refractivity contribution in [2.75, 3.05) is 5.32 Å². The Morgan fingerprint density at radius 2 is 1.97 bits per heavy atom. The van der Waals surface area contributed by atoms with Crippen LogP contribution in [0, 0.1) is 5.82 Å². The molecule has 0 amide bonds. The van der Waals surface area contributed by atoms with Gasteiger partial charge in [-0.2, -0.15) is 18.3 Å². The number of benzene rings is 1. The van der Waals surface area contributed by atoms with E-state index in [9.17, 15) is 22.7 Å². The van der Waals surface area contributed by atoms with Gasteiger partial charge in [-0.1, -0.05) is 0 Å². The van der Waals surface area contributed by atoms with Crippen molar-refractivity contribution in [2.24, 2.45) is 5.14 Å². The molecule has 0 aliphatic rings. The summed E-state index contributed by atoms with van der Waals surface area (Å²) < 4.78 is 55.9. The van der Waals surface area contributed by atoms with Crippen LogP contribution in [-0.4, -0.2) is 30.5 Å². The van der Waals surface area contributed by atoms with Crippen LogP contribution < -0.4 is 10.5 Å². The van der Waals surface area contributed by atoms with Crippen molar-refractivity contribution < 1.29 is 22.7 Å². The number of nitrogens with zero attached hydrogens (tertiary/aromatic N) is 4. The number of nitrogens with two attached hydrogens (primary N) is 1. The number of anilines is 2. The molecule has 3 aromatic rings. The van der Waals surface area contributed by atoms with Gasteiger partial charge in [-0.05, 0) is 44.0 Å². The van der Waals surface area contributed by atoms with E-state index in [-0.39, 0.29) is 23.7 Å². The molecule has 1 aromatic carbocycles. The molecule has 3 rings (SSSR count). The van der Waals surface area contributed by atoms with E-state index >= 15 is 0 Å². The van der Waals surface area contributed by atoms with Gasteiger partial charge in [0, 0.05) is 22.9 Å². The quantitative estimate of drug-likeness (QED) is 0.392. The second kappa shape index (κ2) is 8.20. The van der Waals surface area contributed by atoms with Crippen LogP contribution in [0.2, 0.25) is 0 Å². The molecule has 160 valence electrons. The predicted octanol–water partition coefficient (Wildman–Crippen LogP) is 3.98. The number of aliphatic hydroxyl groups is 1. The highest BCUT2D eigenvalue weighted by Gasteiger charge is 2.36. The normalized spacial score (nSPS) is 12.3. The Hall–Kier alpha value is -2.70. The van der Waals surface area contributed by atoms with Gasteiger partial charge in [-0.15, -0.1) is 0 Å². The van der Waals surface area contributed by atoms with Crippen molar-refractivity contribution in [1.29, 1.82) is 0 Å². The van der Waals surface area contributed by atoms with Crippen molar-refractivity contribution in [3.63, 3.8) is 0 Å². The SMILES string of the molecule is CC(C)(O)Cn1cc(-c2nc(Nc3ccc(SN)cc3F)ncc2C(F)(F)F)cn1. The summed E-state index contributed by atoms with van der Waals surface area (Å²) >= 11 is 0.857. The Bertz CT molecular complexity index is 1050. The number of hydrogen-bond acceptors (Lipinski definition) is 7. The molecule has 30 heavy (non-hydrogen) atoms. The van der Waals surface area contributed by atoms with Crippen molar-refractivity contribution >= 4 is 23.6 Å². The summed E-state index contributed by atoms with van der Waals surface area (Å²) in [6.45, 7) is 3.16. The molecule has 12 heteroatoms. The molecule has 0 saturated carbocycles. The van der Waals surface area contributed by atoms with E-state index in [1.165, 1.54) is 29.2 Å². The Morgan fingerprint density at radius 3 is 2.57 bits per heavy atom. The molecule has 0 unspecified atom stereocenters. The topological polar surface area (TPSA) is 102 Å². The maximum Gasteiger partial charge on any atom is 0.419 e. The third-order valence-electron chi connectivity index (χ3n) is 3.87. The molecule has 0 atom stereocenters. The van der Waals surface area contributed by atoms with Gasteiger partial charge >= 0.3 is 6.18 Å². The average Bonchev–Trinajstić information content (AvgIpc) is 3.09. The van der Waals surface area contributed by atoms with E-state index in [1.807, 2.05) is 0 Å². The molecular weight excluding hydrogens is 424 g/mol. The molecule has 0 spiro atoms. The second-order valence-corrected chi connectivity index (χ2v) is 7.78. The smallest absolute Gasteiger partial charge is 0.389 e. The highest BCUT2D eigenvalue weighted by Crippen LogP contribution is 2.36. The third-order valence-corrected chi connectivity index (χ3v) is 4.40. The summed E-state index contributed by atoms with van der Waals surface area (Å²) in [5.41, 5.74) is -2.54. The van der Waals surface area contributed by atoms with Crippen LogP contribution in [0.3, 0.4) is 0 Å². The van der Waals surface area contributed by atoms with Crippen LogP contribution in [0.25, 0.3) is 11.3 Å². The van der Waals surface area contributed by atoms with Crippen LogP contribution in [0.15, 0.2) is 41.7 Å². The first kappa shape index (κ1) is 22.0. The summed E-state index contributed by atoms with van der Waals surface area (Å²) in [5.74, 6) is -0.881. The van der Waals surface area contributed by atoms with Crippen LogP contribution in [-0.2, 0) is 12.7 Å². The van der Waals surface area contributed by atoms with E-state index in [4.69, 9.17) is 5.14 Å². The van der Waals surface area contributed by atoms with Crippen LogP contribution in [0.1, 0.15) is 19.4 Å². The van der Waals surface area contributed by atoms with Gasteiger partial charge in [0.05, 0.1) is 29.7 Å². The standard InChI is InChI=1S/C18H18F4N6OS/c1-17(2,29)9-28-8-10(6-25-28)15-12(18(20,21)22)7-24-16(27-15)26-14-4-3-11(30-23)5-13(14)19/h3-8,29H,9,23H2,1-2H3,(H,24,26,27).